The average Bonchev–Trinajstić information content (AvgIpc) is 3.07. The van der Waals surface area contributed by atoms with Crippen LogP contribution in [0.2, 0.25) is 0 Å². The number of aromatic nitrogens is 6. The summed E-state index contributed by atoms with van der Waals surface area (Å²) in [6.07, 6.45) is 4.26. The summed E-state index contributed by atoms with van der Waals surface area (Å²) in [5.74, 6) is 0. The fourth-order valence-electron chi connectivity index (χ4n) is 2.64. The van der Waals surface area contributed by atoms with Gasteiger partial charge in [-0.25, -0.2) is 27.9 Å². The highest BCUT2D eigenvalue weighted by molar-refractivity contribution is 7.88. The summed E-state index contributed by atoms with van der Waals surface area (Å²) in [7, 11) is -3.45. The van der Waals surface area contributed by atoms with Gasteiger partial charge in [-0.1, -0.05) is 17.3 Å². The summed E-state index contributed by atoms with van der Waals surface area (Å²) in [6, 6.07) is 9.85. The second-order valence-corrected chi connectivity index (χ2v) is 7.97. The van der Waals surface area contributed by atoms with Gasteiger partial charge in [-0.05, 0) is 30.7 Å². The third kappa shape index (κ3) is 3.78. The van der Waals surface area contributed by atoms with Crippen molar-refractivity contribution in [3.05, 3.63) is 54.0 Å². The number of pyridine rings is 1. The van der Waals surface area contributed by atoms with E-state index in [0.29, 0.717) is 29.2 Å². The van der Waals surface area contributed by atoms with Gasteiger partial charge in [-0.15, -0.1) is 5.10 Å². The molecule has 10 nitrogen and oxygen atoms in total. The van der Waals surface area contributed by atoms with Crippen molar-refractivity contribution >= 4 is 37.9 Å². The Labute approximate surface area is 160 Å². The molecule has 0 saturated carbocycles. The lowest BCUT2D eigenvalue weighted by molar-refractivity contribution is 0.590. The number of fused-ring (bicyclic) bond motifs is 2. The van der Waals surface area contributed by atoms with E-state index in [4.69, 9.17) is 0 Å². The Bertz CT molecular complexity index is 1310. The minimum Gasteiger partial charge on any atom is -0.256 e. The summed E-state index contributed by atoms with van der Waals surface area (Å²) >= 11 is 0. The van der Waals surface area contributed by atoms with Gasteiger partial charge >= 0.3 is 0 Å². The highest BCUT2D eigenvalue weighted by atomic mass is 32.2. The predicted octanol–water partition coefficient (Wildman–Crippen LogP) is 1.09. The molecule has 11 heteroatoms. The summed E-state index contributed by atoms with van der Waals surface area (Å²) < 4.78 is 24.1. The molecule has 0 aliphatic carbocycles. The first kappa shape index (κ1) is 17.9. The molecule has 0 unspecified atom stereocenters. The molecule has 0 aliphatic heterocycles. The topological polar surface area (TPSA) is 128 Å². The van der Waals surface area contributed by atoms with Crippen LogP contribution in [0.1, 0.15) is 18.2 Å². The lowest BCUT2D eigenvalue weighted by atomic mass is 10.1. The van der Waals surface area contributed by atoms with E-state index in [-0.39, 0.29) is 0 Å². The highest BCUT2D eigenvalue weighted by Gasteiger charge is 2.11. The third-order valence-electron chi connectivity index (χ3n) is 3.98. The molecule has 4 rings (SSSR count). The van der Waals surface area contributed by atoms with E-state index >= 15 is 0 Å². The zero-order valence-electron chi connectivity index (χ0n) is 15.1. The van der Waals surface area contributed by atoms with Crippen molar-refractivity contribution in [3.8, 4) is 0 Å². The molecule has 0 fully saturated rings. The zero-order chi connectivity index (χ0) is 19.7. The van der Waals surface area contributed by atoms with Crippen LogP contribution in [-0.4, -0.2) is 50.3 Å². The van der Waals surface area contributed by atoms with Gasteiger partial charge in [0.15, 0.2) is 5.65 Å². The molecule has 1 N–H and O–H groups in total. The first-order chi connectivity index (χ1) is 13.4. The van der Waals surface area contributed by atoms with Crippen LogP contribution < -0.4 is 4.83 Å². The Morgan fingerprint density at radius 2 is 2.11 bits per heavy atom. The Balaban J connectivity index is 1.67. The normalized spacial score (nSPS) is 12.6. The molecule has 0 bridgehead atoms. The molecule has 0 saturated heterocycles. The Morgan fingerprint density at radius 3 is 2.93 bits per heavy atom. The smallest absolute Gasteiger partial charge is 0.244 e. The van der Waals surface area contributed by atoms with Gasteiger partial charge in [0.2, 0.25) is 15.7 Å². The second-order valence-electron chi connectivity index (χ2n) is 6.24. The molecular weight excluding hydrogens is 380 g/mol. The molecule has 0 radical (unpaired) electrons. The molecule has 28 heavy (non-hydrogen) atoms. The largest absolute Gasteiger partial charge is 0.256 e. The molecule has 142 valence electrons. The van der Waals surface area contributed by atoms with Crippen LogP contribution in [0.15, 0.2) is 47.8 Å². The number of benzene rings is 1. The summed E-state index contributed by atoms with van der Waals surface area (Å²) in [6.45, 7) is 2.09. The maximum absolute atomic E-state index is 11.2. The molecule has 0 amide bonds. The molecule has 1 aromatic carbocycles. The molecule has 4 aromatic rings. The highest BCUT2D eigenvalue weighted by Crippen LogP contribution is 2.15. The molecule has 0 aliphatic rings. The van der Waals surface area contributed by atoms with E-state index in [2.05, 4.69) is 35.2 Å². The summed E-state index contributed by atoms with van der Waals surface area (Å²) in [5.41, 5.74) is 3.62. The lowest BCUT2D eigenvalue weighted by Gasteiger charge is -2.05. The number of sulfonamides is 1. The monoisotopic (exact) mass is 396 g/mol. The van der Waals surface area contributed by atoms with E-state index < -0.39 is 10.0 Å². The van der Waals surface area contributed by atoms with Crippen LogP contribution in [0, 0.1) is 0 Å². The van der Waals surface area contributed by atoms with E-state index in [9.17, 15) is 8.42 Å². The minimum absolute atomic E-state index is 0.379. The summed E-state index contributed by atoms with van der Waals surface area (Å²) in [5, 5.41) is 13.0. The molecule has 3 aromatic heterocycles. The van der Waals surface area contributed by atoms with Crippen molar-refractivity contribution in [2.45, 2.75) is 13.5 Å². The number of hydrogen-bond donors (Lipinski definition) is 1. The van der Waals surface area contributed by atoms with Crippen LogP contribution in [0.3, 0.4) is 0 Å². The van der Waals surface area contributed by atoms with Crippen LogP contribution in [-0.2, 0) is 16.6 Å². The SMILES string of the molecule is C/C(=N\NS(C)(=O)=O)c1cnc2nnn(Cc3ccc4ncccc4c3)c2n1. The van der Waals surface area contributed by atoms with Gasteiger partial charge in [0.05, 0.1) is 30.2 Å². The number of hydrogen-bond acceptors (Lipinski definition) is 8. The summed E-state index contributed by atoms with van der Waals surface area (Å²) in [4.78, 5) is 15.1. The number of nitrogens with one attached hydrogen (secondary N) is 1. The van der Waals surface area contributed by atoms with Crippen molar-refractivity contribution in [2.75, 3.05) is 6.26 Å². The molecule has 0 spiro atoms. The molecule has 3 heterocycles. The third-order valence-corrected chi connectivity index (χ3v) is 4.40. The van der Waals surface area contributed by atoms with Crippen LogP contribution in [0.5, 0.6) is 0 Å². The number of hydrazone groups is 1. The Morgan fingerprint density at radius 1 is 1.25 bits per heavy atom. The number of rotatable bonds is 5. The fraction of sp³-hybridized carbons (Fsp3) is 0.176. The Hall–Kier alpha value is -3.47. The zero-order valence-corrected chi connectivity index (χ0v) is 15.9. The van der Waals surface area contributed by atoms with Crippen LogP contribution >= 0.6 is 0 Å². The van der Waals surface area contributed by atoms with Crippen molar-refractivity contribution in [1.82, 2.24) is 34.8 Å². The van der Waals surface area contributed by atoms with E-state index in [1.807, 2.05) is 30.3 Å². The van der Waals surface area contributed by atoms with Crippen molar-refractivity contribution in [1.29, 1.82) is 0 Å². The van der Waals surface area contributed by atoms with Gasteiger partial charge in [-0.2, -0.15) is 5.10 Å². The van der Waals surface area contributed by atoms with Gasteiger partial charge in [0, 0.05) is 11.6 Å². The van der Waals surface area contributed by atoms with E-state index in [1.165, 1.54) is 6.20 Å². The number of nitrogens with zero attached hydrogens (tertiary/aromatic N) is 7. The average molecular weight is 396 g/mol. The lowest BCUT2D eigenvalue weighted by Crippen LogP contribution is -2.18. The predicted molar refractivity (Wildman–Crippen MR) is 104 cm³/mol. The van der Waals surface area contributed by atoms with Gasteiger partial charge in [0.1, 0.15) is 5.69 Å². The minimum atomic E-state index is -3.45. The standard InChI is InChI=1S/C17H16N8O2S/c1-11(21-24-28(2,26)27)15-9-19-16-17(20-15)25(23-22-16)10-12-5-6-14-13(8-12)4-3-7-18-14/h3-9,24H,10H2,1-2H3/b21-11+. The van der Waals surface area contributed by atoms with Crippen LogP contribution in [0.25, 0.3) is 22.2 Å². The van der Waals surface area contributed by atoms with Crippen LogP contribution in [0.4, 0.5) is 0 Å². The van der Waals surface area contributed by atoms with E-state index in [1.54, 1.807) is 17.8 Å². The quantitative estimate of drug-likeness (QED) is 0.395. The van der Waals surface area contributed by atoms with Crippen molar-refractivity contribution in [2.24, 2.45) is 5.10 Å². The molecule has 0 atom stereocenters. The van der Waals surface area contributed by atoms with Gasteiger partial charge in [0.25, 0.3) is 0 Å². The van der Waals surface area contributed by atoms with E-state index in [0.717, 1.165) is 22.7 Å². The van der Waals surface area contributed by atoms with Gasteiger partial charge < -0.3 is 0 Å². The Kier molecular flexibility index (Phi) is 4.43. The van der Waals surface area contributed by atoms with Crippen molar-refractivity contribution < 1.29 is 8.42 Å². The fourth-order valence-corrected chi connectivity index (χ4v) is 2.94. The molecular formula is C17H16N8O2S. The first-order valence-electron chi connectivity index (χ1n) is 8.30. The maximum atomic E-state index is 11.2. The van der Waals surface area contributed by atoms with Gasteiger partial charge in [-0.3, -0.25) is 4.98 Å². The van der Waals surface area contributed by atoms with Crippen molar-refractivity contribution in [3.63, 3.8) is 0 Å². The second kappa shape index (κ2) is 6.93. The first-order valence-corrected chi connectivity index (χ1v) is 10.2. The maximum Gasteiger partial charge on any atom is 0.244 e.